The van der Waals surface area contributed by atoms with Crippen LogP contribution in [0.25, 0.3) is 22.2 Å². The van der Waals surface area contributed by atoms with E-state index in [0.29, 0.717) is 5.56 Å². The van der Waals surface area contributed by atoms with Gasteiger partial charge >= 0.3 is 0 Å². The van der Waals surface area contributed by atoms with Gasteiger partial charge in [-0.3, -0.25) is 9.48 Å². The average molecular weight is 356 g/mol. The molecule has 0 aliphatic carbocycles. The molecule has 4 rings (SSSR count). The van der Waals surface area contributed by atoms with Crippen LogP contribution in [0.1, 0.15) is 21.5 Å². The molecule has 1 N–H and O–H groups in total. The summed E-state index contributed by atoms with van der Waals surface area (Å²) in [7, 11) is 1.86. The molecule has 0 atom stereocenters. The minimum atomic E-state index is -0.146. The maximum atomic E-state index is 13.1. The Hall–Kier alpha value is -3.47. The smallest absolute Gasteiger partial charge is 0.256 e. The first-order valence-corrected chi connectivity index (χ1v) is 8.79. The quantitative estimate of drug-likeness (QED) is 0.588. The number of hydrogen-bond acceptors (Lipinski definition) is 3. The minimum absolute atomic E-state index is 0.146. The van der Waals surface area contributed by atoms with Crippen molar-refractivity contribution in [1.29, 1.82) is 0 Å². The summed E-state index contributed by atoms with van der Waals surface area (Å²) in [5, 5.41) is 8.10. The number of anilines is 1. The highest BCUT2D eigenvalue weighted by Gasteiger charge is 2.15. The van der Waals surface area contributed by atoms with Gasteiger partial charge < -0.3 is 5.32 Å². The van der Waals surface area contributed by atoms with Crippen LogP contribution in [0.4, 0.5) is 5.69 Å². The molecule has 0 aliphatic rings. The van der Waals surface area contributed by atoms with Crippen LogP contribution in [0, 0.1) is 13.8 Å². The van der Waals surface area contributed by atoms with Gasteiger partial charge in [-0.2, -0.15) is 5.10 Å². The maximum Gasteiger partial charge on any atom is 0.256 e. The van der Waals surface area contributed by atoms with E-state index in [1.165, 1.54) is 0 Å². The molecular formula is C22H20N4O. The van der Waals surface area contributed by atoms with Crippen molar-refractivity contribution in [3.05, 3.63) is 77.6 Å². The second-order valence-electron chi connectivity index (χ2n) is 6.75. The van der Waals surface area contributed by atoms with Crippen LogP contribution in [0.15, 0.2) is 60.9 Å². The molecule has 2 heterocycles. The van der Waals surface area contributed by atoms with Crippen LogP contribution in [0.2, 0.25) is 0 Å². The first-order chi connectivity index (χ1) is 13.0. The summed E-state index contributed by atoms with van der Waals surface area (Å²) in [4.78, 5) is 17.8. The Morgan fingerprint density at radius 3 is 2.67 bits per heavy atom. The number of nitrogens with one attached hydrogen (secondary N) is 1. The van der Waals surface area contributed by atoms with Gasteiger partial charge in [0.05, 0.1) is 23.0 Å². The molecule has 0 spiro atoms. The zero-order chi connectivity index (χ0) is 19.0. The molecule has 27 heavy (non-hydrogen) atoms. The lowest BCUT2D eigenvalue weighted by Crippen LogP contribution is -2.14. The van der Waals surface area contributed by atoms with E-state index in [1.807, 2.05) is 75.6 Å². The van der Waals surface area contributed by atoms with Crippen molar-refractivity contribution in [3.63, 3.8) is 0 Å². The molecular weight excluding hydrogens is 336 g/mol. The number of hydrogen-bond donors (Lipinski definition) is 1. The van der Waals surface area contributed by atoms with Gasteiger partial charge in [0.1, 0.15) is 0 Å². The number of carbonyl (C=O) groups excluding carboxylic acids is 1. The minimum Gasteiger partial charge on any atom is -0.322 e. The van der Waals surface area contributed by atoms with Gasteiger partial charge in [0.25, 0.3) is 5.91 Å². The number of rotatable bonds is 3. The molecule has 1 amide bonds. The number of benzene rings is 2. The summed E-state index contributed by atoms with van der Waals surface area (Å²) < 4.78 is 1.72. The Balaban J connectivity index is 1.82. The van der Waals surface area contributed by atoms with E-state index in [9.17, 15) is 4.79 Å². The van der Waals surface area contributed by atoms with Crippen molar-refractivity contribution < 1.29 is 4.79 Å². The monoisotopic (exact) mass is 356 g/mol. The van der Waals surface area contributed by atoms with Gasteiger partial charge in [0, 0.05) is 29.9 Å². The van der Waals surface area contributed by atoms with Crippen molar-refractivity contribution in [1.82, 2.24) is 14.8 Å². The lowest BCUT2D eigenvalue weighted by Gasteiger charge is -2.12. The molecule has 2 aromatic carbocycles. The summed E-state index contributed by atoms with van der Waals surface area (Å²) in [5.41, 5.74) is 5.94. The van der Waals surface area contributed by atoms with E-state index in [4.69, 9.17) is 4.98 Å². The first-order valence-electron chi connectivity index (χ1n) is 8.79. The summed E-state index contributed by atoms with van der Waals surface area (Å²) in [6.45, 7) is 4.00. The Labute approximate surface area is 157 Å². The van der Waals surface area contributed by atoms with Gasteiger partial charge in [-0.05, 0) is 43.2 Å². The largest absolute Gasteiger partial charge is 0.322 e. The van der Waals surface area contributed by atoms with Crippen molar-refractivity contribution in [3.8, 4) is 11.3 Å². The number of aromatic nitrogens is 3. The van der Waals surface area contributed by atoms with Crippen molar-refractivity contribution in [2.24, 2.45) is 7.05 Å². The Morgan fingerprint density at radius 2 is 1.89 bits per heavy atom. The summed E-state index contributed by atoms with van der Waals surface area (Å²) in [5.74, 6) is -0.146. The normalized spacial score (nSPS) is 10.9. The number of amides is 1. The molecule has 5 nitrogen and oxygen atoms in total. The van der Waals surface area contributed by atoms with E-state index >= 15 is 0 Å². The highest BCUT2D eigenvalue weighted by Crippen LogP contribution is 2.26. The summed E-state index contributed by atoms with van der Waals surface area (Å²) >= 11 is 0. The van der Waals surface area contributed by atoms with Crippen LogP contribution in [-0.4, -0.2) is 20.7 Å². The number of pyridine rings is 1. The second-order valence-corrected chi connectivity index (χ2v) is 6.75. The highest BCUT2D eigenvalue weighted by molar-refractivity contribution is 6.13. The Bertz CT molecular complexity index is 1160. The number of fused-ring (bicyclic) bond motifs is 1. The zero-order valence-electron chi connectivity index (χ0n) is 15.5. The Morgan fingerprint density at radius 1 is 1.07 bits per heavy atom. The fourth-order valence-electron chi connectivity index (χ4n) is 3.12. The van der Waals surface area contributed by atoms with Crippen LogP contribution < -0.4 is 5.32 Å². The zero-order valence-corrected chi connectivity index (χ0v) is 15.5. The second kappa shape index (κ2) is 6.68. The fourth-order valence-corrected chi connectivity index (χ4v) is 3.12. The fraction of sp³-hybridized carbons (Fsp3) is 0.136. The van der Waals surface area contributed by atoms with Gasteiger partial charge in [-0.1, -0.05) is 30.3 Å². The molecule has 0 saturated heterocycles. The Kier molecular flexibility index (Phi) is 4.20. The van der Waals surface area contributed by atoms with Crippen molar-refractivity contribution in [2.75, 3.05) is 5.32 Å². The lowest BCUT2D eigenvalue weighted by molar-refractivity contribution is 0.102. The SMILES string of the molecule is Cc1ccc(C)c(NC(=O)c2cc(-c3cnn(C)c3)nc3ccccc23)c1. The molecule has 134 valence electrons. The van der Waals surface area contributed by atoms with E-state index in [-0.39, 0.29) is 5.91 Å². The molecule has 0 unspecified atom stereocenters. The predicted molar refractivity (Wildman–Crippen MR) is 108 cm³/mol. The molecule has 2 aromatic heterocycles. The van der Waals surface area contributed by atoms with E-state index in [1.54, 1.807) is 10.9 Å². The third kappa shape index (κ3) is 3.31. The van der Waals surface area contributed by atoms with Gasteiger partial charge in [0.2, 0.25) is 0 Å². The summed E-state index contributed by atoms with van der Waals surface area (Å²) in [6, 6.07) is 15.6. The first kappa shape index (κ1) is 17.0. The van der Waals surface area contributed by atoms with Crippen LogP contribution in [0.3, 0.4) is 0 Å². The van der Waals surface area contributed by atoms with Crippen LogP contribution >= 0.6 is 0 Å². The van der Waals surface area contributed by atoms with Gasteiger partial charge in [0.15, 0.2) is 0 Å². The summed E-state index contributed by atoms with van der Waals surface area (Å²) in [6.07, 6.45) is 3.65. The molecule has 0 aliphatic heterocycles. The number of aryl methyl sites for hydroxylation is 3. The maximum absolute atomic E-state index is 13.1. The third-order valence-electron chi connectivity index (χ3n) is 4.60. The highest BCUT2D eigenvalue weighted by atomic mass is 16.1. The number of nitrogens with zero attached hydrogens (tertiary/aromatic N) is 3. The predicted octanol–water partition coefficient (Wildman–Crippen LogP) is 4.50. The standard InChI is InChI=1S/C22H20N4O/c1-14-8-9-15(2)20(10-14)25-22(27)18-11-21(16-12-23-26(3)13-16)24-19-7-5-4-6-17(18)19/h4-13H,1-3H3,(H,25,27). The van der Waals surface area contributed by atoms with E-state index in [2.05, 4.69) is 10.4 Å². The molecule has 0 radical (unpaired) electrons. The van der Waals surface area contributed by atoms with Crippen LogP contribution in [0.5, 0.6) is 0 Å². The topological polar surface area (TPSA) is 59.8 Å². The number of para-hydroxylation sites is 1. The molecule has 0 saturated carbocycles. The van der Waals surface area contributed by atoms with Crippen LogP contribution in [-0.2, 0) is 7.05 Å². The number of carbonyl (C=O) groups is 1. The van der Waals surface area contributed by atoms with Crippen molar-refractivity contribution >= 4 is 22.5 Å². The molecule has 0 bridgehead atoms. The average Bonchev–Trinajstić information content (AvgIpc) is 3.10. The van der Waals surface area contributed by atoms with Gasteiger partial charge in [-0.15, -0.1) is 0 Å². The molecule has 5 heteroatoms. The van der Waals surface area contributed by atoms with Crippen molar-refractivity contribution in [2.45, 2.75) is 13.8 Å². The van der Waals surface area contributed by atoms with E-state index in [0.717, 1.165) is 39.0 Å². The third-order valence-corrected chi connectivity index (χ3v) is 4.60. The van der Waals surface area contributed by atoms with E-state index < -0.39 is 0 Å². The molecule has 4 aromatic rings. The molecule has 0 fully saturated rings. The van der Waals surface area contributed by atoms with Gasteiger partial charge in [-0.25, -0.2) is 4.98 Å². The lowest BCUT2D eigenvalue weighted by atomic mass is 10.0.